The van der Waals surface area contributed by atoms with Crippen LogP contribution in [0.5, 0.6) is 5.75 Å². The lowest BCUT2D eigenvalue weighted by atomic mass is 9.84. The normalized spacial score (nSPS) is 20.1. The van der Waals surface area contributed by atoms with Gasteiger partial charge in [0, 0.05) is 17.5 Å². The van der Waals surface area contributed by atoms with E-state index in [2.05, 4.69) is 30.0 Å². The van der Waals surface area contributed by atoms with Gasteiger partial charge < -0.3 is 30.8 Å². The number of oxime groups is 1. The number of β-lactam (4-membered cyclic amide) rings is 1. The number of nitrogens with one attached hydrogen (secondary N) is 2. The first-order valence-electron chi connectivity index (χ1n) is 15.5. The number of nitrogens with two attached hydrogens (primary N) is 1. The predicted molar refractivity (Wildman–Crippen MR) is 191 cm³/mol. The van der Waals surface area contributed by atoms with Gasteiger partial charge in [-0.3, -0.25) is 19.5 Å². The standard InChI is InChI=1S/C30H35IN8O11S2/c1-29(2)23(25(42)39(29)50-52(45,46)47)36-24(41)22(19-14-51-27(31)35-19)37-49-30(3,26(43)44)21-8-6-16-9-15(5-7-20(16)48-21)17-11-33-28(38(4)13-17)34-12-18(40)10-32/h5,7,9,11,13-14,18,21,23,40H,6,8,10,12,32H2,1-4H3,(H3,36,41,43,44,45,46,47)/p+1/b37-22-/t18-,21+,23?,30?/m0/s1. The van der Waals surface area contributed by atoms with Gasteiger partial charge in [-0.05, 0) is 79.5 Å². The van der Waals surface area contributed by atoms with E-state index in [1.54, 1.807) is 22.9 Å². The molecule has 0 aliphatic carbocycles. The van der Waals surface area contributed by atoms with Crippen molar-refractivity contribution < 1.29 is 56.0 Å². The summed E-state index contributed by atoms with van der Waals surface area (Å²) in [7, 11) is -3.22. The molecular weight excluding hydrogens is 839 g/mol. The average molecular weight is 876 g/mol. The van der Waals surface area contributed by atoms with E-state index in [1.165, 1.54) is 37.5 Å². The zero-order valence-electron chi connectivity index (χ0n) is 28.1. The maximum Gasteiger partial charge on any atom is 0.418 e. The first kappa shape index (κ1) is 39.1. The number of aryl methyl sites for hydroxylation is 2. The van der Waals surface area contributed by atoms with Crippen LogP contribution in [0, 0.1) is 3.01 Å². The molecule has 1 saturated heterocycles. The molecule has 5 rings (SSSR count). The molecule has 2 aliphatic rings. The fourth-order valence-electron chi connectivity index (χ4n) is 5.45. The number of hydrogen-bond donors (Lipinski definition) is 6. The predicted octanol–water partition coefficient (Wildman–Crippen LogP) is 0.164. The van der Waals surface area contributed by atoms with Crippen molar-refractivity contribution in [1.82, 2.24) is 20.3 Å². The Morgan fingerprint density at radius 3 is 2.67 bits per heavy atom. The summed E-state index contributed by atoms with van der Waals surface area (Å²) in [4.78, 5) is 53.2. The summed E-state index contributed by atoms with van der Waals surface area (Å²) in [6.45, 7) is 4.39. The summed E-state index contributed by atoms with van der Waals surface area (Å²) in [5.41, 5.74) is 3.98. The molecule has 0 radical (unpaired) electrons. The summed E-state index contributed by atoms with van der Waals surface area (Å²) in [6.07, 6.45) is 2.41. The van der Waals surface area contributed by atoms with Gasteiger partial charge in [-0.2, -0.15) is 13.5 Å². The van der Waals surface area contributed by atoms with Gasteiger partial charge in [0.25, 0.3) is 17.4 Å². The molecule has 52 heavy (non-hydrogen) atoms. The van der Waals surface area contributed by atoms with Crippen molar-refractivity contribution in [2.24, 2.45) is 17.9 Å². The highest BCUT2D eigenvalue weighted by Crippen LogP contribution is 2.37. The SMILES string of the molecule is C[n+]1cc(-c2ccc3c(c2)CC[C@H](C(C)(O/N=C(\C(=O)NC2C(=O)N(OS(=O)(=O)O)C2(C)C)c2csc(I)n2)C(=O)O)O3)cnc1NC[C@@H](O)CN. The summed E-state index contributed by atoms with van der Waals surface area (Å²) in [5, 5.41) is 31.4. The molecule has 1 aromatic carbocycles. The van der Waals surface area contributed by atoms with Crippen LogP contribution in [-0.2, 0) is 47.4 Å². The topological polar surface area (TPSA) is 269 Å². The molecule has 0 saturated carbocycles. The molecule has 7 N–H and O–H groups in total. The minimum atomic E-state index is -5.03. The Morgan fingerprint density at radius 1 is 1.35 bits per heavy atom. The van der Waals surface area contributed by atoms with Crippen molar-refractivity contribution in [3.05, 3.63) is 50.2 Å². The van der Waals surface area contributed by atoms with Crippen LogP contribution < -0.4 is 25.7 Å². The number of ether oxygens (including phenoxy) is 1. The van der Waals surface area contributed by atoms with Gasteiger partial charge in [-0.1, -0.05) is 16.2 Å². The van der Waals surface area contributed by atoms with Gasteiger partial charge in [0.2, 0.25) is 0 Å². The third kappa shape index (κ3) is 8.26. The van der Waals surface area contributed by atoms with Crippen LogP contribution in [0.2, 0.25) is 0 Å². The van der Waals surface area contributed by atoms with E-state index < -0.39 is 63.3 Å². The smallest absolute Gasteiger partial charge is 0.418 e. The number of aliphatic hydroxyl groups excluding tert-OH is 1. The Labute approximate surface area is 315 Å². The number of aliphatic carboxylic acids is 1. The minimum absolute atomic E-state index is 0.0255. The number of carbonyl (C=O) groups excluding carboxylic acids is 2. The quantitative estimate of drug-likeness (QED) is 0.0315. The van der Waals surface area contributed by atoms with Gasteiger partial charge in [0.15, 0.2) is 14.8 Å². The molecule has 4 atom stereocenters. The van der Waals surface area contributed by atoms with Crippen molar-refractivity contribution in [3.63, 3.8) is 0 Å². The summed E-state index contributed by atoms with van der Waals surface area (Å²) >= 11 is 3.09. The number of halogens is 1. The fourth-order valence-corrected chi connectivity index (χ4v) is 7.07. The Kier molecular flexibility index (Phi) is 11.4. The third-order valence-corrected chi connectivity index (χ3v) is 10.5. The molecule has 2 amide bonds. The first-order valence-corrected chi connectivity index (χ1v) is 18.9. The second-order valence-corrected chi connectivity index (χ2v) is 16.3. The number of aliphatic hydroxyl groups is 1. The Bertz CT molecular complexity index is 2030. The zero-order chi connectivity index (χ0) is 38.2. The van der Waals surface area contributed by atoms with Crippen LogP contribution >= 0.6 is 33.9 Å². The highest BCUT2D eigenvalue weighted by atomic mass is 127. The van der Waals surface area contributed by atoms with Crippen LogP contribution in [0.1, 0.15) is 38.4 Å². The molecule has 1 fully saturated rings. The number of carboxylic acids is 1. The van der Waals surface area contributed by atoms with Gasteiger partial charge in [-0.25, -0.2) is 14.3 Å². The van der Waals surface area contributed by atoms with Crippen LogP contribution in [0.25, 0.3) is 11.1 Å². The molecule has 2 aliphatic heterocycles. The summed E-state index contributed by atoms with van der Waals surface area (Å²) in [6, 6.07) is 4.12. The number of hydroxylamine groups is 2. The number of benzene rings is 1. The second kappa shape index (κ2) is 15.1. The van der Waals surface area contributed by atoms with E-state index in [0.29, 0.717) is 26.2 Å². The van der Waals surface area contributed by atoms with E-state index in [4.69, 9.17) is 19.9 Å². The first-order chi connectivity index (χ1) is 24.3. The number of aromatic nitrogens is 3. The van der Waals surface area contributed by atoms with E-state index in [0.717, 1.165) is 16.7 Å². The van der Waals surface area contributed by atoms with Crippen molar-refractivity contribution in [2.75, 3.05) is 18.4 Å². The number of carbonyl (C=O) groups is 3. The third-order valence-electron chi connectivity index (χ3n) is 8.52. The lowest BCUT2D eigenvalue weighted by molar-refractivity contribution is -0.659. The fraction of sp³-hybridized carbons (Fsp3) is 0.433. The molecule has 22 heteroatoms. The highest BCUT2D eigenvalue weighted by molar-refractivity contribution is 14.1. The maximum absolute atomic E-state index is 13.5. The molecule has 0 spiro atoms. The van der Waals surface area contributed by atoms with Crippen molar-refractivity contribution in [1.29, 1.82) is 0 Å². The van der Waals surface area contributed by atoms with E-state index >= 15 is 0 Å². The number of thiazole rings is 1. The number of amides is 2. The van der Waals surface area contributed by atoms with Crippen LogP contribution in [0.3, 0.4) is 0 Å². The van der Waals surface area contributed by atoms with Gasteiger partial charge in [0.1, 0.15) is 23.7 Å². The maximum atomic E-state index is 13.5. The second-order valence-electron chi connectivity index (χ2n) is 12.6. The highest BCUT2D eigenvalue weighted by Gasteiger charge is 2.58. The zero-order valence-corrected chi connectivity index (χ0v) is 31.9. The molecule has 3 aromatic rings. The lowest BCUT2D eigenvalue weighted by Gasteiger charge is -2.50. The number of fused-ring (bicyclic) bond motifs is 1. The van der Waals surface area contributed by atoms with Crippen molar-refractivity contribution in [3.8, 4) is 16.9 Å². The van der Waals surface area contributed by atoms with Crippen molar-refractivity contribution >= 4 is 73.8 Å². The molecular formula is C30H36IN8O11S2+. The molecule has 4 heterocycles. The number of anilines is 1. The largest absolute Gasteiger partial charge is 0.485 e. The van der Waals surface area contributed by atoms with Crippen LogP contribution in [0.4, 0.5) is 5.95 Å². The van der Waals surface area contributed by atoms with E-state index in [-0.39, 0.29) is 25.2 Å². The van der Waals surface area contributed by atoms with Gasteiger partial charge in [0.05, 0.1) is 31.4 Å². The molecule has 0 bridgehead atoms. The van der Waals surface area contributed by atoms with Crippen molar-refractivity contribution in [2.45, 2.75) is 63.0 Å². The molecule has 2 aromatic heterocycles. The minimum Gasteiger partial charge on any atom is -0.485 e. The number of hydrogen-bond acceptors (Lipinski definition) is 15. The summed E-state index contributed by atoms with van der Waals surface area (Å²) in [5.74, 6) is -2.40. The number of nitrogens with zero attached hydrogens (tertiary/aromatic N) is 5. The van der Waals surface area contributed by atoms with Crippen LogP contribution in [0.15, 0.2) is 41.1 Å². The van der Waals surface area contributed by atoms with Gasteiger partial charge in [-0.15, -0.1) is 15.6 Å². The Hall–Kier alpha value is -4.07. The van der Waals surface area contributed by atoms with Crippen LogP contribution in [-0.4, -0.2) is 104 Å². The molecule has 280 valence electrons. The summed E-state index contributed by atoms with van der Waals surface area (Å²) < 4.78 is 44.2. The Morgan fingerprint density at radius 2 is 2.08 bits per heavy atom. The van der Waals surface area contributed by atoms with E-state index in [1.807, 2.05) is 41.9 Å². The molecule has 19 nitrogen and oxygen atoms in total. The van der Waals surface area contributed by atoms with E-state index in [9.17, 15) is 33.0 Å². The molecule has 2 unspecified atom stereocenters. The number of carboxylic acid groups (broad SMARTS) is 1. The number of rotatable bonds is 14. The van der Waals surface area contributed by atoms with Gasteiger partial charge >= 0.3 is 22.3 Å². The Balaban J connectivity index is 1.34. The monoisotopic (exact) mass is 875 g/mol. The average Bonchev–Trinajstić information content (AvgIpc) is 3.53. The lowest BCUT2D eigenvalue weighted by Crippen LogP contribution is -2.76.